The molecule has 0 saturated heterocycles. The van der Waals surface area contributed by atoms with Crippen LogP contribution in [0.15, 0.2) is 43.5 Å². The molecule has 1 aromatic carbocycles. The summed E-state index contributed by atoms with van der Waals surface area (Å²) in [5.74, 6) is 0.724. The molecule has 0 saturated carbocycles. The second kappa shape index (κ2) is 8.20. The van der Waals surface area contributed by atoms with Gasteiger partial charge in [-0.2, -0.15) is 0 Å². The highest BCUT2D eigenvalue weighted by Crippen LogP contribution is 2.26. The monoisotopic (exact) mass is 285 g/mol. The second-order valence-electron chi connectivity index (χ2n) is 3.76. The van der Waals surface area contributed by atoms with Crippen LogP contribution < -0.4 is 4.74 Å². The van der Waals surface area contributed by atoms with E-state index in [-0.39, 0.29) is 0 Å². The normalized spacial score (nSPS) is 10.4. The molecule has 0 bridgehead atoms. The molecule has 0 aliphatic heterocycles. The molecule has 1 aromatic rings. The lowest BCUT2D eigenvalue weighted by molar-refractivity contribution is 0.236. The van der Waals surface area contributed by atoms with Gasteiger partial charge in [0, 0.05) is 25.7 Å². The summed E-state index contributed by atoms with van der Waals surface area (Å²) in [6, 6.07) is 5.25. The Hall–Kier alpha value is -0.960. The predicted octanol–water partition coefficient (Wildman–Crippen LogP) is 4.05. The minimum atomic E-state index is 0.503. The topological polar surface area (TPSA) is 12.5 Å². The maximum atomic E-state index is 5.91. The lowest BCUT2D eigenvalue weighted by atomic mass is 10.3. The molecule has 0 amide bonds. The molecule has 0 aliphatic carbocycles. The first-order chi connectivity index (χ1) is 8.67. The van der Waals surface area contributed by atoms with Gasteiger partial charge in [-0.1, -0.05) is 35.4 Å². The minimum Gasteiger partial charge on any atom is -0.492 e. The SMILES string of the molecule is C=CCN(CC=C)CCOc1ccc(Cl)c(Cl)c1. The van der Waals surface area contributed by atoms with Crippen molar-refractivity contribution in [3.8, 4) is 5.75 Å². The summed E-state index contributed by atoms with van der Waals surface area (Å²) in [6.07, 6.45) is 3.73. The van der Waals surface area contributed by atoms with Crippen molar-refractivity contribution in [2.24, 2.45) is 0 Å². The fraction of sp³-hybridized carbons (Fsp3) is 0.286. The lowest BCUT2D eigenvalue weighted by Gasteiger charge is -2.18. The molecule has 0 atom stereocenters. The number of benzene rings is 1. The van der Waals surface area contributed by atoms with Crippen molar-refractivity contribution in [2.75, 3.05) is 26.2 Å². The molecule has 0 heterocycles. The molecule has 2 nitrogen and oxygen atoms in total. The maximum absolute atomic E-state index is 5.91. The first-order valence-electron chi connectivity index (χ1n) is 5.69. The Kier molecular flexibility index (Phi) is 6.88. The summed E-state index contributed by atoms with van der Waals surface area (Å²) in [5.41, 5.74) is 0. The molecule has 98 valence electrons. The fourth-order valence-electron chi connectivity index (χ4n) is 1.48. The highest BCUT2D eigenvalue weighted by Gasteiger charge is 2.03. The number of hydrogen-bond acceptors (Lipinski definition) is 2. The number of rotatable bonds is 8. The van der Waals surface area contributed by atoms with Crippen molar-refractivity contribution < 1.29 is 4.74 Å². The van der Waals surface area contributed by atoms with Gasteiger partial charge in [-0.3, -0.25) is 4.90 Å². The molecule has 18 heavy (non-hydrogen) atoms. The molecule has 1 rings (SSSR count). The summed E-state index contributed by atoms with van der Waals surface area (Å²) < 4.78 is 5.61. The van der Waals surface area contributed by atoms with Crippen molar-refractivity contribution in [3.05, 3.63) is 53.6 Å². The number of hydrogen-bond donors (Lipinski definition) is 0. The third-order valence-corrected chi connectivity index (χ3v) is 3.08. The van der Waals surface area contributed by atoms with Crippen molar-refractivity contribution in [2.45, 2.75) is 0 Å². The van der Waals surface area contributed by atoms with Crippen molar-refractivity contribution in [1.82, 2.24) is 4.90 Å². The molecular formula is C14H17Cl2NO. The molecule has 0 aromatic heterocycles. The van der Waals surface area contributed by atoms with Crippen LogP contribution in [0.1, 0.15) is 0 Å². The Bertz CT molecular complexity index is 397. The zero-order valence-electron chi connectivity index (χ0n) is 10.2. The summed E-state index contributed by atoms with van der Waals surface area (Å²) >= 11 is 11.7. The zero-order valence-corrected chi connectivity index (χ0v) is 11.8. The fourth-order valence-corrected chi connectivity index (χ4v) is 1.77. The third kappa shape index (κ3) is 5.13. The van der Waals surface area contributed by atoms with Gasteiger partial charge >= 0.3 is 0 Å². The zero-order chi connectivity index (χ0) is 13.4. The van der Waals surface area contributed by atoms with Crippen LogP contribution in [-0.4, -0.2) is 31.1 Å². The molecule has 0 spiro atoms. The summed E-state index contributed by atoms with van der Waals surface area (Å²) in [5, 5.41) is 1.03. The number of nitrogens with zero attached hydrogens (tertiary/aromatic N) is 1. The van der Waals surface area contributed by atoms with Gasteiger partial charge in [0.05, 0.1) is 10.0 Å². The van der Waals surface area contributed by atoms with E-state index in [4.69, 9.17) is 27.9 Å². The maximum Gasteiger partial charge on any atom is 0.120 e. The summed E-state index contributed by atoms with van der Waals surface area (Å²) in [6.45, 7) is 10.5. The quantitative estimate of drug-likeness (QED) is 0.669. The van der Waals surface area contributed by atoms with Crippen LogP contribution in [0.4, 0.5) is 0 Å². The molecule has 0 radical (unpaired) electrons. The van der Waals surface area contributed by atoms with E-state index in [0.29, 0.717) is 16.7 Å². The van der Waals surface area contributed by atoms with E-state index < -0.39 is 0 Å². The molecule has 4 heteroatoms. The summed E-state index contributed by atoms with van der Waals surface area (Å²) in [7, 11) is 0. The van der Waals surface area contributed by atoms with Gasteiger partial charge in [0.25, 0.3) is 0 Å². The Morgan fingerprint density at radius 2 is 1.78 bits per heavy atom. The van der Waals surface area contributed by atoms with Gasteiger partial charge in [0.1, 0.15) is 12.4 Å². The van der Waals surface area contributed by atoms with E-state index in [0.717, 1.165) is 25.4 Å². The molecule has 0 N–H and O–H groups in total. The van der Waals surface area contributed by atoms with Gasteiger partial charge in [0.2, 0.25) is 0 Å². The standard InChI is InChI=1S/C14H17Cl2NO/c1-3-7-17(8-4-2)9-10-18-12-5-6-13(15)14(16)11-12/h3-6,11H,1-2,7-10H2. The van der Waals surface area contributed by atoms with Crippen LogP contribution in [0.3, 0.4) is 0 Å². The van der Waals surface area contributed by atoms with Gasteiger partial charge in [0.15, 0.2) is 0 Å². The highest BCUT2D eigenvalue weighted by molar-refractivity contribution is 6.42. The van der Waals surface area contributed by atoms with Crippen LogP contribution in [0.2, 0.25) is 10.0 Å². The lowest BCUT2D eigenvalue weighted by Crippen LogP contribution is -2.28. The van der Waals surface area contributed by atoms with E-state index in [1.54, 1.807) is 18.2 Å². The van der Waals surface area contributed by atoms with Crippen LogP contribution in [0, 0.1) is 0 Å². The first kappa shape index (κ1) is 15.1. The van der Waals surface area contributed by atoms with E-state index >= 15 is 0 Å². The predicted molar refractivity (Wildman–Crippen MR) is 78.8 cm³/mol. The average molecular weight is 286 g/mol. The van der Waals surface area contributed by atoms with Crippen LogP contribution in [0.5, 0.6) is 5.75 Å². The molecular weight excluding hydrogens is 269 g/mol. The van der Waals surface area contributed by atoms with Crippen molar-refractivity contribution in [3.63, 3.8) is 0 Å². The highest BCUT2D eigenvalue weighted by atomic mass is 35.5. The minimum absolute atomic E-state index is 0.503. The summed E-state index contributed by atoms with van der Waals surface area (Å²) in [4.78, 5) is 2.18. The molecule has 0 fully saturated rings. The van der Waals surface area contributed by atoms with Gasteiger partial charge in [-0.25, -0.2) is 0 Å². The van der Waals surface area contributed by atoms with E-state index in [2.05, 4.69) is 18.1 Å². The Labute approximate surface area is 118 Å². The second-order valence-corrected chi connectivity index (χ2v) is 4.58. The first-order valence-corrected chi connectivity index (χ1v) is 6.45. The Morgan fingerprint density at radius 3 is 2.33 bits per heavy atom. The molecule has 0 aliphatic rings. The average Bonchev–Trinajstić information content (AvgIpc) is 2.34. The largest absolute Gasteiger partial charge is 0.492 e. The van der Waals surface area contributed by atoms with E-state index in [1.165, 1.54) is 0 Å². The van der Waals surface area contributed by atoms with Gasteiger partial charge < -0.3 is 4.74 Å². The Morgan fingerprint density at radius 1 is 1.11 bits per heavy atom. The third-order valence-electron chi connectivity index (χ3n) is 2.34. The van der Waals surface area contributed by atoms with Gasteiger partial charge in [-0.05, 0) is 12.1 Å². The van der Waals surface area contributed by atoms with Crippen LogP contribution in [-0.2, 0) is 0 Å². The van der Waals surface area contributed by atoms with Crippen LogP contribution in [0.25, 0.3) is 0 Å². The Balaban J connectivity index is 2.41. The van der Waals surface area contributed by atoms with Crippen molar-refractivity contribution in [1.29, 1.82) is 0 Å². The number of halogens is 2. The smallest absolute Gasteiger partial charge is 0.120 e. The van der Waals surface area contributed by atoms with Crippen molar-refractivity contribution >= 4 is 23.2 Å². The molecule has 0 unspecified atom stereocenters. The van der Waals surface area contributed by atoms with E-state index in [1.807, 2.05) is 12.2 Å². The van der Waals surface area contributed by atoms with Gasteiger partial charge in [-0.15, -0.1) is 13.2 Å². The van der Waals surface area contributed by atoms with Crippen LogP contribution >= 0.6 is 23.2 Å². The van der Waals surface area contributed by atoms with E-state index in [9.17, 15) is 0 Å². The number of ether oxygens (including phenoxy) is 1.